The van der Waals surface area contributed by atoms with E-state index in [0.717, 1.165) is 58.6 Å². The summed E-state index contributed by atoms with van der Waals surface area (Å²) in [6, 6.07) is 0. The number of aromatic nitrogens is 3. The number of rotatable bonds is 8. The van der Waals surface area contributed by atoms with E-state index < -0.39 is 0 Å². The smallest absolute Gasteiger partial charge is 0.281 e. The Balaban J connectivity index is 0.000000353. The van der Waals surface area contributed by atoms with Crippen molar-refractivity contribution in [1.82, 2.24) is 14.5 Å². The molecule has 0 atom stereocenters. The summed E-state index contributed by atoms with van der Waals surface area (Å²) in [4.78, 5) is 25.3. The van der Waals surface area contributed by atoms with Crippen molar-refractivity contribution in [2.45, 2.75) is 82.7 Å². The first-order valence-corrected chi connectivity index (χ1v) is 15.8. The molecule has 13 heteroatoms. The van der Waals surface area contributed by atoms with E-state index in [4.69, 9.17) is 0 Å². The van der Waals surface area contributed by atoms with E-state index in [9.17, 15) is 9.90 Å². The third-order valence-electron chi connectivity index (χ3n) is 8.36. The highest BCUT2D eigenvalue weighted by Gasteiger charge is 2.16. The second-order valence-corrected chi connectivity index (χ2v) is 11.1. The lowest BCUT2D eigenvalue weighted by molar-refractivity contribution is 0.406. The van der Waals surface area contributed by atoms with E-state index in [-0.39, 0.29) is 11.4 Å². The zero-order chi connectivity index (χ0) is 36.2. The second-order valence-electron chi connectivity index (χ2n) is 11.1. The fourth-order valence-corrected chi connectivity index (χ4v) is 4.67. The third-order valence-corrected chi connectivity index (χ3v) is 8.36. The van der Waals surface area contributed by atoms with Crippen molar-refractivity contribution in [2.75, 3.05) is 58.1 Å². The molecule has 0 aliphatic heterocycles. The van der Waals surface area contributed by atoms with Crippen LogP contribution in [-0.2, 0) is 6.54 Å². The van der Waals surface area contributed by atoms with Crippen LogP contribution in [0.15, 0.2) is 35.5 Å². The fourth-order valence-electron chi connectivity index (χ4n) is 4.67. The van der Waals surface area contributed by atoms with Gasteiger partial charge in [-0.3, -0.25) is 9.36 Å². The first kappa shape index (κ1) is 40.5. The molecule has 0 aliphatic rings. The average molecular weight is 650 g/mol. The minimum Gasteiger partial charge on any atom is -0.494 e. The Bertz CT molecular complexity index is 1670. The Hall–Kier alpha value is -4.55. The van der Waals surface area contributed by atoms with Gasteiger partial charge in [0.1, 0.15) is 17.2 Å². The Morgan fingerprint density at radius 3 is 1.51 bits per heavy atom. The maximum atomic E-state index is 11.8. The highest BCUT2D eigenvalue weighted by Crippen LogP contribution is 2.33. The van der Waals surface area contributed by atoms with Gasteiger partial charge in [-0.2, -0.15) is 30.7 Å². The highest BCUT2D eigenvalue weighted by atomic mass is 16.3. The van der Waals surface area contributed by atoms with Crippen LogP contribution in [0, 0.1) is 55.4 Å². The van der Waals surface area contributed by atoms with Crippen molar-refractivity contribution < 1.29 is 5.11 Å². The van der Waals surface area contributed by atoms with Gasteiger partial charge in [-0.15, -0.1) is 0 Å². The summed E-state index contributed by atoms with van der Waals surface area (Å²) in [7, 11) is 8.95. The Morgan fingerprint density at radius 1 is 0.596 bits per heavy atom. The number of azo groups is 3. The van der Waals surface area contributed by atoms with E-state index in [0.29, 0.717) is 23.4 Å². The number of anilines is 2. The minimum atomic E-state index is -0.302. The molecule has 3 rings (SSSR count). The molecule has 0 bridgehead atoms. The average Bonchev–Trinajstić information content (AvgIpc) is 3.06. The van der Waals surface area contributed by atoms with Gasteiger partial charge < -0.3 is 14.9 Å². The van der Waals surface area contributed by atoms with Crippen molar-refractivity contribution >= 4 is 28.7 Å². The van der Waals surface area contributed by atoms with Gasteiger partial charge in [0.2, 0.25) is 0 Å². The lowest BCUT2D eigenvalue weighted by Gasteiger charge is -2.20. The quantitative estimate of drug-likeness (QED) is 0.243. The van der Waals surface area contributed by atoms with Crippen LogP contribution in [-0.4, -0.2) is 68.0 Å². The SMILES string of the molecule is CCN(C)c1nc(C)c(C)c(C)c1N=NC.CCN(C)c1nc(C)c(N=NC)c(C)c1C.CCn1c(O)c(C)c(C)c(N=NC)c1=O. The summed E-state index contributed by atoms with van der Waals surface area (Å²) in [5.74, 6) is 1.95. The topological polar surface area (TPSA) is 149 Å². The largest absolute Gasteiger partial charge is 0.494 e. The van der Waals surface area contributed by atoms with Crippen molar-refractivity contribution in [3.63, 3.8) is 0 Å². The van der Waals surface area contributed by atoms with Crippen LogP contribution in [0.25, 0.3) is 0 Å². The van der Waals surface area contributed by atoms with Gasteiger partial charge in [-0.25, -0.2) is 9.97 Å². The maximum absolute atomic E-state index is 11.8. The van der Waals surface area contributed by atoms with Crippen molar-refractivity contribution in [1.29, 1.82) is 0 Å². The van der Waals surface area contributed by atoms with Gasteiger partial charge in [0.05, 0.1) is 5.69 Å². The molecule has 0 radical (unpaired) electrons. The summed E-state index contributed by atoms with van der Waals surface area (Å²) in [5.41, 5.74) is 9.80. The second kappa shape index (κ2) is 18.6. The van der Waals surface area contributed by atoms with E-state index in [1.807, 2.05) is 20.9 Å². The zero-order valence-electron chi connectivity index (χ0n) is 31.4. The molecular formula is C34H55N11O2. The fraction of sp³-hybridized carbons (Fsp3) is 0.559. The number of aryl methyl sites for hydroxylation is 2. The molecule has 3 aromatic heterocycles. The third kappa shape index (κ3) is 9.49. The van der Waals surface area contributed by atoms with E-state index in [2.05, 4.69) is 99.0 Å². The Morgan fingerprint density at radius 2 is 1.02 bits per heavy atom. The molecule has 3 aromatic rings. The van der Waals surface area contributed by atoms with Crippen LogP contribution in [0.4, 0.5) is 28.7 Å². The maximum Gasteiger partial charge on any atom is 0.281 e. The van der Waals surface area contributed by atoms with Gasteiger partial charge in [-0.05, 0) is 104 Å². The number of aromatic hydroxyl groups is 1. The monoisotopic (exact) mass is 649 g/mol. The predicted molar refractivity (Wildman–Crippen MR) is 194 cm³/mol. The number of nitrogens with zero attached hydrogens (tertiary/aromatic N) is 11. The summed E-state index contributed by atoms with van der Waals surface area (Å²) in [5, 5.41) is 33.2. The molecular weight excluding hydrogens is 594 g/mol. The molecule has 0 saturated heterocycles. The predicted octanol–water partition coefficient (Wildman–Crippen LogP) is 8.26. The molecule has 1 N–H and O–H groups in total. The van der Waals surface area contributed by atoms with Gasteiger partial charge in [0.25, 0.3) is 5.56 Å². The van der Waals surface area contributed by atoms with Gasteiger partial charge in [0, 0.05) is 66.1 Å². The number of hydrogen-bond donors (Lipinski definition) is 1. The molecule has 3 heterocycles. The van der Waals surface area contributed by atoms with Crippen molar-refractivity contribution in [2.24, 2.45) is 30.7 Å². The highest BCUT2D eigenvalue weighted by molar-refractivity contribution is 5.68. The van der Waals surface area contributed by atoms with E-state index in [1.165, 1.54) is 22.7 Å². The minimum absolute atomic E-state index is 0.00931. The van der Waals surface area contributed by atoms with Crippen LogP contribution in [0.5, 0.6) is 5.88 Å². The molecule has 0 saturated carbocycles. The van der Waals surface area contributed by atoms with Crippen LogP contribution in [0.2, 0.25) is 0 Å². The van der Waals surface area contributed by atoms with Gasteiger partial charge in [-0.1, -0.05) is 0 Å². The normalized spacial score (nSPS) is 11.1. The zero-order valence-corrected chi connectivity index (χ0v) is 31.4. The van der Waals surface area contributed by atoms with Crippen molar-refractivity contribution in [3.8, 4) is 5.88 Å². The molecule has 0 aromatic carbocycles. The van der Waals surface area contributed by atoms with Crippen molar-refractivity contribution in [3.05, 3.63) is 55.1 Å². The van der Waals surface area contributed by atoms with Crippen LogP contribution in [0.1, 0.15) is 65.5 Å². The molecule has 0 unspecified atom stereocenters. The summed E-state index contributed by atoms with van der Waals surface area (Å²) >= 11 is 0. The molecule has 0 amide bonds. The molecule has 0 fully saturated rings. The van der Waals surface area contributed by atoms with Crippen LogP contribution < -0.4 is 15.4 Å². The molecule has 0 aliphatic carbocycles. The molecule has 258 valence electrons. The van der Waals surface area contributed by atoms with Gasteiger partial charge in [0.15, 0.2) is 17.4 Å². The molecule has 0 spiro atoms. The summed E-state index contributed by atoms with van der Waals surface area (Å²) < 4.78 is 1.28. The summed E-state index contributed by atoms with van der Waals surface area (Å²) in [6.45, 7) is 24.1. The molecule has 13 nitrogen and oxygen atoms in total. The first-order chi connectivity index (χ1) is 22.1. The van der Waals surface area contributed by atoms with Gasteiger partial charge >= 0.3 is 0 Å². The standard InChI is InChI=1S/2C12H20N4.C10H15N3O2/c1-7-16(6)12-9(3)8(2)11(15-13-5)10(4)14-12;1-7-16(6)12-11(15-13-5)9(3)8(2)10(4)14-12;1-5-13-9(14)7(3)6(2)8(10(13)15)12-11-4/h2*7H2,1-6H3;14H,5H2,1-4H3. The number of pyridine rings is 3. The van der Waals surface area contributed by atoms with E-state index >= 15 is 0 Å². The Kier molecular flexibility index (Phi) is 16.0. The lowest BCUT2D eigenvalue weighted by atomic mass is 10.1. The summed E-state index contributed by atoms with van der Waals surface area (Å²) in [6.07, 6.45) is 0. The van der Waals surface area contributed by atoms with Crippen LogP contribution in [0.3, 0.4) is 0 Å². The molecule has 47 heavy (non-hydrogen) atoms. The van der Waals surface area contributed by atoms with E-state index in [1.54, 1.807) is 34.9 Å². The first-order valence-electron chi connectivity index (χ1n) is 15.8. The number of hydrogen-bond acceptors (Lipinski definition) is 12. The Labute approximate surface area is 280 Å². The lowest BCUT2D eigenvalue weighted by Crippen LogP contribution is -2.20. The van der Waals surface area contributed by atoms with Crippen LogP contribution >= 0.6 is 0 Å².